The fourth-order valence-corrected chi connectivity index (χ4v) is 2.60. The van der Waals surface area contributed by atoms with Crippen LogP contribution in [0.3, 0.4) is 0 Å². The van der Waals surface area contributed by atoms with E-state index in [1.165, 1.54) is 0 Å². The molecule has 5 nitrogen and oxygen atoms in total. The minimum absolute atomic E-state index is 0.312. The molecule has 1 heterocycles. The van der Waals surface area contributed by atoms with E-state index in [9.17, 15) is 9.90 Å². The van der Waals surface area contributed by atoms with E-state index < -0.39 is 11.8 Å². The zero-order valence-corrected chi connectivity index (χ0v) is 8.66. The number of fused-ring (bicyclic) bond motifs is 1. The molecule has 1 aromatic rings. The van der Waals surface area contributed by atoms with Crippen LogP contribution in [0.15, 0.2) is 18.2 Å². The highest BCUT2D eigenvalue weighted by molar-refractivity contribution is 5.78. The van der Waals surface area contributed by atoms with E-state index in [-0.39, 0.29) is 6.03 Å². The number of hydrogen-bond donors (Lipinski definition) is 4. The van der Waals surface area contributed by atoms with Gasteiger partial charge in [-0.25, -0.2) is 4.79 Å². The number of nitrogen functional groups attached to an aromatic ring is 1. The third-order valence-electron chi connectivity index (χ3n) is 3.40. The number of urea groups is 1. The maximum Gasteiger partial charge on any atom is 0.317 e. The van der Waals surface area contributed by atoms with Gasteiger partial charge in [-0.15, -0.1) is 0 Å². The minimum Gasteiger partial charge on any atom is -0.399 e. The van der Waals surface area contributed by atoms with Gasteiger partial charge in [-0.3, -0.25) is 0 Å². The summed E-state index contributed by atoms with van der Waals surface area (Å²) in [6.07, 6.45) is 0.420. The van der Waals surface area contributed by atoms with E-state index in [0.717, 1.165) is 11.1 Å². The average Bonchev–Trinajstić information content (AvgIpc) is 2.67. The summed E-state index contributed by atoms with van der Waals surface area (Å²) in [5.41, 5.74) is 8.07. The Kier molecular flexibility index (Phi) is 1.71. The number of benzene rings is 1. The van der Waals surface area contributed by atoms with Crippen LogP contribution >= 0.6 is 0 Å². The van der Waals surface area contributed by atoms with Crippen molar-refractivity contribution in [2.75, 3.05) is 5.73 Å². The van der Waals surface area contributed by atoms with E-state index in [1.807, 2.05) is 18.2 Å². The fraction of sp³-hybridized carbons (Fsp3) is 0.364. The number of aliphatic hydroxyl groups excluding tert-OH is 1. The largest absolute Gasteiger partial charge is 0.399 e. The predicted octanol–water partition coefficient (Wildman–Crippen LogP) is -0.263. The van der Waals surface area contributed by atoms with Crippen LogP contribution in [-0.4, -0.2) is 22.9 Å². The average molecular weight is 219 g/mol. The zero-order chi connectivity index (χ0) is 11.3. The van der Waals surface area contributed by atoms with Crippen molar-refractivity contribution in [3.63, 3.8) is 0 Å². The van der Waals surface area contributed by atoms with Gasteiger partial charge in [-0.2, -0.15) is 0 Å². The molecule has 1 spiro atoms. The maximum absolute atomic E-state index is 11.2. The van der Waals surface area contributed by atoms with Crippen LogP contribution in [0.2, 0.25) is 0 Å². The minimum atomic E-state index is -0.839. The summed E-state index contributed by atoms with van der Waals surface area (Å²) in [6.45, 7) is 0. The second-order valence-corrected chi connectivity index (χ2v) is 4.54. The van der Waals surface area contributed by atoms with Gasteiger partial charge >= 0.3 is 6.03 Å². The van der Waals surface area contributed by atoms with Crippen molar-refractivity contribution in [3.8, 4) is 0 Å². The van der Waals surface area contributed by atoms with Crippen LogP contribution in [0.5, 0.6) is 0 Å². The van der Waals surface area contributed by atoms with E-state index in [4.69, 9.17) is 5.73 Å². The Morgan fingerprint density at radius 2 is 2.12 bits per heavy atom. The Balaban J connectivity index is 1.98. The van der Waals surface area contributed by atoms with Gasteiger partial charge in [0.05, 0.1) is 5.54 Å². The molecule has 0 aromatic heterocycles. The molecular formula is C11H13N3O2. The van der Waals surface area contributed by atoms with Crippen molar-refractivity contribution in [3.05, 3.63) is 29.3 Å². The Labute approximate surface area is 92.6 Å². The van der Waals surface area contributed by atoms with Crippen molar-refractivity contribution >= 4 is 11.7 Å². The lowest BCUT2D eigenvalue weighted by atomic mass is 9.95. The van der Waals surface area contributed by atoms with Crippen LogP contribution < -0.4 is 16.4 Å². The molecule has 2 atom stereocenters. The summed E-state index contributed by atoms with van der Waals surface area (Å²) < 4.78 is 0. The number of carbonyl (C=O) groups excluding carboxylic acids is 1. The zero-order valence-electron chi connectivity index (χ0n) is 8.66. The predicted molar refractivity (Wildman–Crippen MR) is 58.7 cm³/mol. The Morgan fingerprint density at radius 1 is 1.38 bits per heavy atom. The van der Waals surface area contributed by atoms with Crippen LogP contribution in [0, 0.1) is 0 Å². The Hall–Kier alpha value is -1.75. The van der Waals surface area contributed by atoms with Crippen LogP contribution in [-0.2, 0) is 12.8 Å². The van der Waals surface area contributed by atoms with Crippen molar-refractivity contribution in [1.29, 1.82) is 0 Å². The molecule has 2 unspecified atom stereocenters. The third-order valence-corrected chi connectivity index (χ3v) is 3.40. The summed E-state index contributed by atoms with van der Waals surface area (Å²) in [6, 6.07) is 5.39. The SMILES string of the molecule is Nc1ccc2c(c1)CC1(C2)NC(=O)NC1O. The van der Waals surface area contributed by atoms with Gasteiger partial charge in [0.15, 0.2) is 6.23 Å². The number of aliphatic hydroxyl groups is 1. The third kappa shape index (κ3) is 1.18. The normalized spacial score (nSPS) is 31.3. The Bertz CT molecular complexity index is 474. The molecule has 1 aliphatic carbocycles. The van der Waals surface area contributed by atoms with Gasteiger partial charge in [0.1, 0.15) is 0 Å². The first-order valence-corrected chi connectivity index (χ1v) is 5.23. The number of hydrogen-bond acceptors (Lipinski definition) is 3. The molecule has 3 rings (SSSR count). The first-order chi connectivity index (χ1) is 7.59. The topological polar surface area (TPSA) is 87.4 Å². The van der Waals surface area contributed by atoms with Gasteiger partial charge in [0.25, 0.3) is 0 Å². The van der Waals surface area contributed by atoms with Crippen LogP contribution in [0.1, 0.15) is 11.1 Å². The molecule has 0 radical (unpaired) electrons. The van der Waals surface area contributed by atoms with Crippen molar-refractivity contribution < 1.29 is 9.90 Å². The molecule has 5 heteroatoms. The molecule has 2 amide bonds. The molecule has 0 saturated carbocycles. The lowest BCUT2D eigenvalue weighted by molar-refractivity contribution is 0.0864. The summed E-state index contributed by atoms with van der Waals surface area (Å²) in [7, 11) is 0. The molecule has 1 fully saturated rings. The standard InChI is InChI=1S/C11H13N3O2/c12-8-2-1-6-4-11(5-7(6)3-8)9(15)13-10(16)14-11/h1-3,9,15H,4-5,12H2,(H2,13,14,16). The van der Waals surface area contributed by atoms with Crippen molar-refractivity contribution in [2.24, 2.45) is 0 Å². The molecule has 5 N–H and O–H groups in total. The second-order valence-electron chi connectivity index (χ2n) is 4.54. The molecular weight excluding hydrogens is 206 g/mol. The second kappa shape index (κ2) is 2.89. The van der Waals surface area contributed by atoms with Gasteiger partial charge in [0.2, 0.25) is 0 Å². The fourth-order valence-electron chi connectivity index (χ4n) is 2.60. The molecule has 0 bridgehead atoms. The van der Waals surface area contributed by atoms with Crippen molar-refractivity contribution in [2.45, 2.75) is 24.6 Å². The first-order valence-electron chi connectivity index (χ1n) is 5.23. The van der Waals surface area contributed by atoms with Gasteiger partial charge in [-0.05, 0) is 23.3 Å². The maximum atomic E-state index is 11.2. The van der Waals surface area contributed by atoms with Crippen LogP contribution in [0.4, 0.5) is 10.5 Å². The van der Waals surface area contributed by atoms with E-state index in [2.05, 4.69) is 10.6 Å². The lowest BCUT2D eigenvalue weighted by Crippen LogP contribution is -2.50. The highest BCUT2D eigenvalue weighted by Crippen LogP contribution is 2.34. The smallest absolute Gasteiger partial charge is 0.317 e. The number of nitrogens with one attached hydrogen (secondary N) is 2. The van der Waals surface area contributed by atoms with E-state index in [0.29, 0.717) is 18.5 Å². The van der Waals surface area contributed by atoms with Gasteiger partial charge < -0.3 is 21.5 Å². The molecule has 16 heavy (non-hydrogen) atoms. The number of rotatable bonds is 0. The molecule has 1 aromatic carbocycles. The molecule has 84 valence electrons. The summed E-state index contributed by atoms with van der Waals surface area (Å²) in [5.74, 6) is 0. The van der Waals surface area contributed by atoms with Crippen LogP contribution in [0.25, 0.3) is 0 Å². The summed E-state index contributed by atoms with van der Waals surface area (Å²) in [5, 5.41) is 15.1. The lowest BCUT2D eigenvalue weighted by Gasteiger charge is -2.25. The number of carbonyl (C=O) groups is 1. The van der Waals surface area contributed by atoms with E-state index >= 15 is 0 Å². The highest BCUT2D eigenvalue weighted by atomic mass is 16.3. The quantitative estimate of drug-likeness (QED) is 0.453. The number of anilines is 1. The first kappa shape index (κ1) is 9.47. The summed E-state index contributed by atoms with van der Waals surface area (Å²) in [4.78, 5) is 11.2. The van der Waals surface area contributed by atoms with Crippen molar-refractivity contribution in [1.82, 2.24) is 10.6 Å². The molecule has 1 saturated heterocycles. The van der Waals surface area contributed by atoms with Gasteiger partial charge in [-0.1, -0.05) is 6.07 Å². The number of nitrogens with two attached hydrogens (primary N) is 1. The Morgan fingerprint density at radius 3 is 2.81 bits per heavy atom. The van der Waals surface area contributed by atoms with Gasteiger partial charge in [0, 0.05) is 18.5 Å². The number of amides is 2. The van der Waals surface area contributed by atoms with E-state index in [1.54, 1.807) is 0 Å². The molecule has 1 aliphatic heterocycles. The monoisotopic (exact) mass is 219 g/mol. The molecule has 2 aliphatic rings. The summed E-state index contributed by atoms with van der Waals surface area (Å²) >= 11 is 0. The highest BCUT2D eigenvalue weighted by Gasteiger charge is 2.49.